The Labute approximate surface area is 163 Å². The van der Waals surface area contributed by atoms with Gasteiger partial charge in [0, 0.05) is 0 Å². The largest absolute Gasteiger partial charge is 0.457 e. The molecule has 0 aromatic heterocycles. The molecule has 1 amide bonds. The van der Waals surface area contributed by atoms with E-state index < -0.39 is 34.9 Å². The Bertz CT molecular complexity index is 1010. The molecule has 29 heavy (non-hydrogen) atoms. The molecule has 0 radical (unpaired) electrons. The minimum absolute atomic E-state index is 0.130. The second-order valence-corrected chi connectivity index (χ2v) is 5.78. The van der Waals surface area contributed by atoms with Crippen molar-refractivity contribution in [3.8, 4) is 11.5 Å². The van der Waals surface area contributed by atoms with E-state index in [4.69, 9.17) is 4.74 Å². The Morgan fingerprint density at radius 1 is 0.793 bits per heavy atom. The lowest BCUT2D eigenvalue weighted by molar-refractivity contribution is -0.139. The van der Waals surface area contributed by atoms with Crippen molar-refractivity contribution < 1.29 is 32.3 Å². The molecule has 148 valence electrons. The maximum absolute atomic E-state index is 13.7. The van der Waals surface area contributed by atoms with Crippen molar-refractivity contribution in [2.45, 2.75) is 6.18 Å². The first kappa shape index (κ1) is 19.9. The number of amides is 1. The molecule has 3 rings (SSSR count). The third kappa shape index (κ3) is 4.92. The van der Waals surface area contributed by atoms with Crippen LogP contribution in [-0.4, -0.2) is 11.9 Å². The van der Waals surface area contributed by atoms with Crippen molar-refractivity contribution in [1.82, 2.24) is 5.48 Å². The Balaban J connectivity index is 1.85. The van der Waals surface area contributed by atoms with Crippen LogP contribution in [0.5, 0.6) is 11.5 Å². The fraction of sp³-hybridized carbons (Fsp3) is 0.0476. The van der Waals surface area contributed by atoms with Gasteiger partial charge in [-0.15, -0.1) is 0 Å². The Kier molecular flexibility index (Phi) is 5.82. The molecule has 0 aliphatic carbocycles. The van der Waals surface area contributed by atoms with Gasteiger partial charge in [-0.2, -0.15) is 18.7 Å². The number of hydrogen-bond donors (Lipinski definition) is 1. The van der Waals surface area contributed by atoms with Crippen LogP contribution in [0.2, 0.25) is 0 Å². The zero-order valence-corrected chi connectivity index (χ0v) is 14.8. The van der Waals surface area contributed by atoms with E-state index in [1.165, 1.54) is 30.3 Å². The van der Waals surface area contributed by atoms with Crippen molar-refractivity contribution >= 4 is 11.9 Å². The number of hydrogen-bond acceptors (Lipinski definition) is 4. The highest BCUT2D eigenvalue weighted by atomic mass is 19.4. The predicted octanol–water partition coefficient (Wildman–Crippen LogP) is 5.00. The van der Waals surface area contributed by atoms with Gasteiger partial charge in [0.05, 0.1) is 11.1 Å². The van der Waals surface area contributed by atoms with Crippen LogP contribution in [0, 0.1) is 0 Å². The van der Waals surface area contributed by atoms with Crippen molar-refractivity contribution in [1.29, 1.82) is 0 Å². The van der Waals surface area contributed by atoms with Gasteiger partial charge in [-0.05, 0) is 36.4 Å². The van der Waals surface area contributed by atoms with Crippen LogP contribution in [-0.2, 0) is 11.0 Å². The van der Waals surface area contributed by atoms with E-state index in [9.17, 15) is 22.8 Å². The molecular formula is C21H14F3NO4. The third-order valence-corrected chi connectivity index (χ3v) is 3.77. The molecule has 0 heterocycles. The fourth-order valence-electron chi connectivity index (χ4n) is 2.49. The molecule has 3 aromatic rings. The van der Waals surface area contributed by atoms with Crippen molar-refractivity contribution in [3.05, 3.63) is 95.6 Å². The van der Waals surface area contributed by atoms with E-state index in [0.717, 1.165) is 12.1 Å². The molecule has 1 N–H and O–H groups in total. The molecule has 0 bridgehead atoms. The molecule has 0 saturated heterocycles. The molecule has 0 atom stereocenters. The number of halogens is 3. The minimum atomic E-state index is -4.89. The molecule has 0 unspecified atom stereocenters. The summed E-state index contributed by atoms with van der Waals surface area (Å²) in [6.07, 6.45) is -4.89. The number of benzene rings is 3. The van der Waals surface area contributed by atoms with Gasteiger partial charge in [0.25, 0.3) is 5.91 Å². The van der Waals surface area contributed by atoms with Gasteiger partial charge >= 0.3 is 12.1 Å². The lowest BCUT2D eigenvalue weighted by atomic mass is 10.1. The van der Waals surface area contributed by atoms with Gasteiger partial charge in [-0.25, -0.2) is 4.79 Å². The summed E-state index contributed by atoms with van der Waals surface area (Å²) >= 11 is 0. The van der Waals surface area contributed by atoms with E-state index in [-0.39, 0.29) is 11.3 Å². The fourth-order valence-corrected chi connectivity index (χ4v) is 2.49. The third-order valence-electron chi connectivity index (χ3n) is 3.77. The highest BCUT2D eigenvalue weighted by molar-refractivity contribution is 5.97. The molecule has 0 aliphatic heterocycles. The molecule has 0 aliphatic rings. The number of nitrogens with one attached hydrogen (secondary N) is 1. The van der Waals surface area contributed by atoms with Crippen molar-refractivity contribution in [2.75, 3.05) is 0 Å². The van der Waals surface area contributed by atoms with E-state index in [0.29, 0.717) is 0 Å². The second-order valence-electron chi connectivity index (χ2n) is 5.78. The van der Waals surface area contributed by atoms with Crippen molar-refractivity contribution in [2.24, 2.45) is 0 Å². The van der Waals surface area contributed by atoms with Crippen LogP contribution in [0.3, 0.4) is 0 Å². The zero-order chi connectivity index (χ0) is 20.9. The van der Waals surface area contributed by atoms with Crippen LogP contribution >= 0.6 is 0 Å². The van der Waals surface area contributed by atoms with Crippen molar-refractivity contribution in [3.63, 3.8) is 0 Å². The lowest BCUT2D eigenvalue weighted by Gasteiger charge is -2.17. The van der Waals surface area contributed by atoms with Crippen LogP contribution < -0.4 is 10.2 Å². The number of rotatable bonds is 4. The first-order valence-corrected chi connectivity index (χ1v) is 8.36. The van der Waals surface area contributed by atoms with Crippen LogP contribution in [0.25, 0.3) is 0 Å². The number of hydroxylamine groups is 1. The van der Waals surface area contributed by atoms with E-state index >= 15 is 0 Å². The summed E-state index contributed by atoms with van der Waals surface area (Å²) in [7, 11) is 0. The zero-order valence-electron chi connectivity index (χ0n) is 14.8. The van der Waals surface area contributed by atoms with Gasteiger partial charge in [0.1, 0.15) is 17.1 Å². The SMILES string of the molecule is O=C(ONC(=O)c1cccc(Oc2ccccc2)c1C(F)(F)F)c1ccccc1. The second kappa shape index (κ2) is 8.47. The topological polar surface area (TPSA) is 64.6 Å². The minimum Gasteiger partial charge on any atom is -0.457 e. The Morgan fingerprint density at radius 3 is 2.03 bits per heavy atom. The molecule has 5 nitrogen and oxygen atoms in total. The summed E-state index contributed by atoms with van der Waals surface area (Å²) in [5.74, 6) is -2.53. The van der Waals surface area contributed by atoms with E-state index in [1.54, 1.807) is 41.9 Å². The number of ether oxygens (including phenoxy) is 1. The molecule has 0 saturated carbocycles. The summed E-state index contributed by atoms with van der Waals surface area (Å²) in [4.78, 5) is 28.8. The first-order valence-electron chi connectivity index (χ1n) is 8.36. The molecule has 0 spiro atoms. The lowest BCUT2D eigenvalue weighted by Crippen LogP contribution is -2.29. The smallest absolute Gasteiger partial charge is 0.420 e. The molecule has 3 aromatic carbocycles. The average Bonchev–Trinajstić information content (AvgIpc) is 2.72. The Hall–Kier alpha value is -3.81. The standard InChI is InChI=1S/C21H14F3NO4/c22-21(23,24)18-16(12-7-13-17(18)28-15-10-5-2-6-11-15)19(26)25-29-20(27)14-8-3-1-4-9-14/h1-13H,(H,25,26). The maximum Gasteiger partial charge on any atom is 0.420 e. The molecular weight excluding hydrogens is 387 g/mol. The normalized spacial score (nSPS) is 10.9. The highest BCUT2D eigenvalue weighted by Crippen LogP contribution is 2.40. The monoisotopic (exact) mass is 401 g/mol. The Morgan fingerprint density at radius 2 is 1.41 bits per heavy atom. The summed E-state index contributed by atoms with van der Waals surface area (Å²) in [5, 5.41) is 0. The van der Waals surface area contributed by atoms with Gasteiger partial charge in [-0.3, -0.25) is 4.79 Å². The number of para-hydroxylation sites is 1. The van der Waals surface area contributed by atoms with E-state index in [2.05, 4.69) is 4.84 Å². The van der Waals surface area contributed by atoms with Gasteiger partial charge < -0.3 is 9.57 Å². The number of carbonyl (C=O) groups is 2. The summed E-state index contributed by atoms with van der Waals surface area (Å²) < 4.78 is 46.3. The van der Waals surface area contributed by atoms with Crippen LogP contribution in [0.1, 0.15) is 26.3 Å². The van der Waals surface area contributed by atoms with Crippen LogP contribution in [0.4, 0.5) is 13.2 Å². The van der Waals surface area contributed by atoms with Gasteiger partial charge in [-0.1, -0.05) is 42.5 Å². The molecule has 8 heteroatoms. The quantitative estimate of drug-likeness (QED) is 0.625. The first-order chi connectivity index (χ1) is 13.9. The van der Waals surface area contributed by atoms with Gasteiger partial charge in [0.15, 0.2) is 0 Å². The average molecular weight is 401 g/mol. The van der Waals surface area contributed by atoms with E-state index in [1.807, 2.05) is 0 Å². The summed E-state index contributed by atoms with van der Waals surface area (Å²) in [6, 6.07) is 18.8. The van der Waals surface area contributed by atoms with Crippen LogP contribution in [0.15, 0.2) is 78.9 Å². The predicted molar refractivity (Wildman–Crippen MR) is 97.3 cm³/mol. The van der Waals surface area contributed by atoms with Gasteiger partial charge in [0.2, 0.25) is 0 Å². The maximum atomic E-state index is 13.7. The number of carbonyl (C=O) groups excluding carboxylic acids is 2. The molecule has 0 fully saturated rings. The summed E-state index contributed by atoms with van der Waals surface area (Å²) in [6.45, 7) is 0. The highest BCUT2D eigenvalue weighted by Gasteiger charge is 2.39. The summed E-state index contributed by atoms with van der Waals surface area (Å²) in [5.41, 5.74) is -0.138. The number of alkyl halides is 3.